The van der Waals surface area contributed by atoms with Gasteiger partial charge in [-0.15, -0.1) is 0 Å². The van der Waals surface area contributed by atoms with Crippen LogP contribution in [0.15, 0.2) is 21.5 Å². The van der Waals surface area contributed by atoms with Gasteiger partial charge in [-0.05, 0) is 50.2 Å². The number of allylic oxidation sites excluding steroid dienone is 4. The molecule has 0 aromatic rings. The highest BCUT2D eigenvalue weighted by Crippen LogP contribution is 2.47. The molecule has 23 heavy (non-hydrogen) atoms. The van der Waals surface area contributed by atoms with E-state index in [1.807, 2.05) is 21.5 Å². The lowest BCUT2D eigenvalue weighted by molar-refractivity contribution is 0.740. The van der Waals surface area contributed by atoms with E-state index >= 15 is 0 Å². The number of hydrogen-bond acceptors (Lipinski definition) is 0. The molecule has 134 valence electrons. The van der Waals surface area contributed by atoms with Crippen molar-refractivity contribution in [3.63, 3.8) is 0 Å². The molecule has 0 bridgehead atoms. The monoisotopic (exact) mass is 334 g/mol. The molecule has 1 aliphatic heterocycles. The average Bonchev–Trinajstić information content (AvgIpc) is 2.75. The second-order valence-electron chi connectivity index (χ2n) is 7.81. The van der Waals surface area contributed by atoms with E-state index in [0.29, 0.717) is 0 Å². The van der Waals surface area contributed by atoms with Crippen molar-refractivity contribution in [3.8, 4) is 0 Å². The molecule has 0 radical (unpaired) electrons. The topological polar surface area (TPSA) is 0 Å². The average molecular weight is 335 g/mol. The van der Waals surface area contributed by atoms with E-state index in [9.17, 15) is 0 Å². The Hall–Kier alpha value is -0.303. The van der Waals surface area contributed by atoms with Crippen LogP contribution in [0.3, 0.4) is 0 Å². The molecule has 0 saturated carbocycles. The maximum absolute atomic E-state index is 2.70. The Labute approximate surface area is 147 Å². The van der Waals surface area contributed by atoms with E-state index in [1.165, 1.54) is 76.7 Å². The van der Waals surface area contributed by atoms with Gasteiger partial charge in [-0.25, -0.2) is 0 Å². The lowest BCUT2D eigenvalue weighted by atomic mass is 9.94. The van der Waals surface area contributed by atoms with Gasteiger partial charge in [0.05, 0.1) is 0 Å². The molecule has 1 atom stereocenters. The Morgan fingerprint density at radius 2 is 1.13 bits per heavy atom. The maximum Gasteiger partial charge on any atom is 0.106 e. The molecule has 0 spiro atoms. The summed E-state index contributed by atoms with van der Waals surface area (Å²) in [6.45, 7) is 14.6. The molecule has 1 rings (SSSR count). The standard InChI is InChI=1S/C22H42Si/c1-7-11-15-20-19(5)23(6,18-14-10-4)22(17-13-9-3)21(20)16-12-8-2/h7-18H2,1-6H3. The van der Waals surface area contributed by atoms with Gasteiger partial charge < -0.3 is 0 Å². The van der Waals surface area contributed by atoms with Gasteiger partial charge in [0.25, 0.3) is 0 Å². The fourth-order valence-corrected chi connectivity index (χ4v) is 9.10. The van der Waals surface area contributed by atoms with Crippen molar-refractivity contribution >= 4 is 8.07 Å². The van der Waals surface area contributed by atoms with Gasteiger partial charge in [0.2, 0.25) is 0 Å². The van der Waals surface area contributed by atoms with Gasteiger partial charge in [-0.1, -0.05) is 89.2 Å². The number of hydrogen-bond donors (Lipinski definition) is 0. The molecule has 1 heterocycles. The summed E-state index contributed by atoms with van der Waals surface area (Å²) in [5.41, 5.74) is 3.69. The zero-order valence-corrected chi connectivity index (χ0v) is 18.0. The number of rotatable bonds is 12. The molecule has 0 amide bonds. The Balaban J connectivity index is 3.21. The molecule has 0 fully saturated rings. The molecule has 0 nitrogen and oxygen atoms in total. The van der Waals surface area contributed by atoms with E-state index in [2.05, 4.69) is 41.2 Å². The van der Waals surface area contributed by atoms with Crippen molar-refractivity contribution in [3.05, 3.63) is 21.5 Å². The third kappa shape index (κ3) is 5.08. The van der Waals surface area contributed by atoms with E-state index in [0.717, 1.165) is 0 Å². The van der Waals surface area contributed by atoms with Crippen molar-refractivity contribution < 1.29 is 0 Å². The first-order valence-electron chi connectivity index (χ1n) is 10.5. The van der Waals surface area contributed by atoms with E-state index in [4.69, 9.17) is 0 Å². The van der Waals surface area contributed by atoms with Crippen LogP contribution >= 0.6 is 0 Å². The van der Waals surface area contributed by atoms with Crippen molar-refractivity contribution in [2.45, 2.75) is 118 Å². The summed E-state index contributed by atoms with van der Waals surface area (Å²) in [6, 6.07) is 1.50. The van der Waals surface area contributed by atoms with Crippen molar-refractivity contribution in [1.29, 1.82) is 0 Å². The minimum absolute atomic E-state index is 1.33. The van der Waals surface area contributed by atoms with Gasteiger partial charge >= 0.3 is 0 Å². The minimum atomic E-state index is -1.34. The third-order valence-electron chi connectivity index (χ3n) is 6.05. The van der Waals surface area contributed by atoms with Crippen LogP contribution < -0.4 is 0 Å². The van der Waals surface area contributed by atoms with Crippen LogP contribution in [0.2, 0.25) is 12.6 Å². The van der Waals surface area contributed by atoms with Gasteiger partial charge in [-0.2, -0.15) is 0 Å². The summed E-state index contributed by atoms with van der Waals surface area (Å²) < 4.78 is 0. The van der Waals surface area contributed by atoms with E-state index in [1.54, 1.807) is 0 Å². The summed E-state index contributed by atoms with van der Waals surface area (Å²) in [6.07, 6.45) is 15.0. The molecule has 1 unspecified atom stereocenters. The fraction of sp³-hybridized carbons (Fsp3) is 0.818. The highest BCUT2D eigenvalue weighted by molar-refractivity contribution is 6.92. The SMILES string of the molecule is CCCCC1=C(C)[Si](C)(CCCC)C(CCCC)=C1CCCC. The first-order valence-corrected chi connectivity index (χ1v) is 13.2. The van der Waals surface area contributed by atoms with E-state index in [-0.39, 0.29) is 0 Å². The van der Waals surface area contributed by atoms with Crippen LogP contribution in [-0.2, 0) is 0 Å². The predicted octanol–water partition coefficient (Wildman–Crippen LogP) is 8.14. The Kier molecular flexibility index (Phi) is 9.50. The van der Waals surface area contributed by atoms with Crippen LogP contribution in [0, 0.1) is 0 Å². The van der Waals surface area contributed by atoms with Crippen molar-refractivity contribution in [1.82, 2.24) is 0 Å². The molecule has 0 saturated heterocycles. The van der Waals surface area contributed by atoms with E-state index < -0.39 is 8.07 Å². The van der Waals surface area contributed by atoms with Crippen LogP contribution in [0.25, 0.3) is 0 Å². The Morgan fingerprint density at radius 3 is 1.65 bits per heavy atom. The van der Waals surface area contributed by atoms with Crippen LogP contribution in [-0.4, -0.2) is 8.07 Å². The van der Waals surface area contributed by atoms with Crippen LogP contribution in [0.1, 0.15) is 105 Å². The van der Waals surface area contributed by atoms with Gasteiger partial charge in [0, 0.05) is 0 Å². The molecule has 0 aromatic heterocycles. The zero-order chi connectivity index (χ0) is 17.3. The lowest BCUT2D eigenvalue weighted by Gasteiger charge is -2.29. The summed E-state index contributed by atoms with van der Waals surface area (Å²) in [4.78, 5) is 0. The molecule has 0 aliphatic carbocycles. The third-order valence-corrected chi connectivity index (χ3v) is 11.2. The van der Waals surface area contributed by atoms with Gasteiger partial charge in [-0.3, -0.25) is 0 Å². The Bertz CT molecular complexity index is 416. The Morgan fingerprint density at radius 1 is 0.652 bits per heavy atom. The molecule has 1 heteroatoms. The zero-order valence-electron chi connectivity index (χ0n) is 17.0. The lowest BCUT2D eigenvalue weighted by Crippen LogP contribution is -2.33. The normalized spacial score (nSPS) is 21.7. The molecule has 0 aromatic carbocycles. The first kappa shape index (κ1) is 20.7. The highest BCUT2D eigenvalue weighted by Gasteiger charge is 2.41. The molecular weight excluding hydrogens is 292 g/mol. The molecular formula is C22H42Si. The van der Waals surface area contributed by atoms with Crippen molar-refractivity contribution in [2.24, 2.45) is 0 Å². The largest absolute Gasteiger partial charge is 0.106 e. The predicted molar refractivity (Wildman–Crippen MR) is 110 cm³/mol. The smallest absolute Gasteiger partial charge is 0.0758 e. The molecule has 0 N–H and O–H groups in total. The van der Waals surface area contributed by atoms with Crippen LogP contribution in [0.5, 0.6) is 0 Å². The summed E-state index contributed by atoms with van der Waals surface area (Å²) in [7, 11) is -1.34. The second-order valence-corrected chi connectivity index (χ2v) is 12.3. The summed E-state index contributed by atoms with van der Waals surface area (Å²) in [5, 5.41) is 3.85. The second kappa shape index (κ2) is 10.5. The minimum Gasteiger partial charge on any atom is -0.0758 e. The first-order chi connectivity index (χ1) is 11.1. The van der Waals surface area contributed by atoms with Gasteiger partial charge in [0.1, 0.15) is 8.07 Å². The summed E-state index contributed by atoms with van der Waals surface area (Å²) in [5.74, 6) is 0. The van der Waals surface area contributed by atoms with Gasteiger partial charge in [0.15, 0.2) is 0 Å². The molecule has 1 aliphatic rings. The van der Waals surface area contributed by atoms with Crippen LogP contribution in [0.4, 0.5) is 0 Å². The summed E-state index contributed by atoms with van der Waals surface area (Å²) >= 11 is 0. The maximum atomic E-state index is 2.70. The fourth-order valence-electron chi connectivity index (χ4n) is 4.30. The highest BCUT2D eigenvalue weighted by atomic mass is 28.3. The number of unbranched alkanes of at least 4 members (excludes halogenated alkanes) is 4. The van der Waals surface area contributed by atoms with Crippen molar-refractivity contribution in [2.75, 3.05) is 0 Å². The quantitative estimate of drug-likeness (QED) is 0.316.